The molecule has 2 heterocycles. The third-order valence-corrected chi connectivity index (χ3v) is 9.73. The van der Waals surface area contributed by atoms with E-state index >= 15 is 0 Å². The quantitative estimate of drug-likeness (QED) is 0.190. The second-order valence-electron chi connectivity index (χ2n) is 12.6. The maximum Gasteiger partial charge on any atom is 0.159 e. The normalized spacial score (nSPS) is 11.7. The van der Waals surface area contributed by atoms with Gasteiger partial charge in [-0.15, -0.1) is 0 Å². The molecule has 2 aromatic heterocycles. The maximum atomic E-state index is 6.86. The van der Waals surface area contributed by atoms with Crippen molar-refractivity contribution >= 4 is 71.6 Å². The molecule has 0 aliphatic rings. The third kappa shape index (κ3) is 4.37. The van der Waals surface area contributed by atoms with E-state index < -0.39 is 0 Å². The van der Waals surface area contributed by atoms with E-state index in [0.29, 0.717) is 0 Å². The van der Waals surface area contributed by atoms with Crippen LogP contribution < -0.4 is 4.90 Å². The van der Waals surface area contributed by atoms with Crippen LogP contribution in [0.5, 0.6) is 0 Å². The summed E-state index contributed by atoms with van der Waals surface area (Å²) in [5.41, 5.74) is 10.7. The summed E-state index contributed by atoms with van der Waals surface area (Å²) in [5.74, 6) is 0. The fourth-order valence-electron chi connectivity index (χ4n) is 7.55. The van der Waals surface area contributed by atoms with E-state index in [1.165, 1.54) is 32.6 Å². The summed E-state index contributed by atoms with van der Waals surface area (Å²) in [5, 5.41) is 6.97. The van der Waals surface area contributed by atoms with Gasteiger partial charge in [0, 0.05) is 32.9 Å². The molecule has 0 saturated heterocycles. The van der Waals surface area contributed by atoms with Crippen LogP contribution in [0.4, 0.5) is 17.1 Å². The van der Waals surface area contributed by atoms with Crippen LogP contribution in [0.3, 0.4) is 0 Å². The largest absolute Gasteiger partial charge is 0.454 e. The molecule has 0 amide bonds. The zero-order chi connectivity index (χ0) is 32.3. The number of aromatic nitrogens is 1. The summed E-state index contributed by atoms with van der Waals surface area (Å²) in [4.78, 5) is 2.39. The molecule has 10 aromatic rings. The van der Waals surface area contributed by atoms with Crippen LogP contribution >= 0.6 is 0 Å². The van der Waals surface area contributed by atoms with E-state index in [2.05, 4.69) is 191 Å². The molecular formula is C46H30N2O. The summed E-state index contributed by atoms with van der Waals surface area (Å²) < 4.78 is 9.23. The number of hydrogen-bond donors (Lipinski definition) is 0. The number of para-hydroxylation sites is 3. The number of furan rings is 1. The van der Waals surface area contributed by atoms with Crippen LogP contribution in [0, 0.1) is 0 Å². The predicted octanol–water partition coefficient (Wildman–Crippen LogP) is 13.0. The van der Waals surface area contributed by atoms with E-state index in [9.17, 15) is 0 Å². The molecule has 0 N–H and O–H groups in total. The smallest absolute Gasteiger partial charge is 0.159 e. The summed E-state index contributed by atoms with van der Waals surface area (Å²) in [6.07, 6.45) is 0. The molecular weight excluding hydrogens is 597 g/mol. The molecule has 0 radical (unpaired) electrons. The van der Waals surface area contributed by atoms with Crippen LogP contribution in [-0.4, -0.2) is 4.57 Å². The lowest BCUT2D eigenvalue weighted by atomic mass is 10.0. The number of anilines is 3. The van der Waals surface area contributed by atoms with Gasteiger partial charge in [-0.05, 0) is 82.6 Å². The summed E-state index contributed by atoms with van der Waals surface area (Å²) in [6.45, 7) is 0. The predicted molar refractivity (Wildman–Crippen MR) is 206 cm³/mol. The molecule has 0 unspecified atom stereocenters. The Kier molecular flexibility index (Phi) is 6.18. The molecule has 10 rings (SSSR count). The first kappa shape index (κ1) is 27.5. The van der Waals surface area contributed by atoms with Gasteiger partial charge in [-0.3, -0.25) is 0 Å². The van der Waals surface area contributed by atoms with Crippen molar-refractivity contribution in [3.63, 3.8) is 0 Å². The van der Waals surface area contributed by atoms with Gasteiger partial charge in [0.25, 0.3) is 0 Å². The summed E-state index contributed by atoms with van der Waals surface area (Å²) in [6, 6.07) is 64.9. The van der Waals surface area contributed by atoms with Gasteiger partial charge in [0.1, 0.15) is 5.58 Å². The van der Waals surface area contributed by atoms with Gasteiger partial charge >= 0.3 is 0 Å². The number of nitrogens with zero attached hydrogens (tertiary/aromatic N) is 2. The molecule has 3 heteroatoms. The Balaban J connectivity index is 1.30. The number of rotatable bonds is 5. The van der Waals surface area contributed by atoms with E-state index in [4.69, 9.17) is 4.42 Å². The van der Waals surface area contributed by atoms with Crippen LogP contribution in [-0.2, 0) is 0 Å². The molecule has 0 spiro atoms. The Bertz CT molecular complexity index is 2830. The van der Waals surface area contributed by atoms with Gasteiger partial charge in [-0.1, -0.05) is 121 Å². The van der Waals surface area contributed by atoms with Crippen molar-refractivity contribution in [2.45, 2.75) is 0 Å². The first-order valence-corrected chi connectivity index (χ1v) is 16.7. The molecule has 8 aromatic carbocycles. The second-order valence-corrected chi connectivity index (χ2v) is 12.6. The molecule has 49 heavy (non-hydrogen) atoms. The Morgan fingerprint density at radius 1 is 0.429 bits per heavy atom. The fourth-order valence-corrected chi connectivity index (χ4v) is 7.55. The van der Waals surface area contributed by atoms with Crippen molar-refractivity contribution in [2.24, 2.45) is 0 Å². The third-order valence-electron chi connectivity index (χ3n) is 9.73. The highest BCUT2D eigenvalue weighted by atomic mass is 16.3. The van der Waals surface area contributed by atoms with Crippen molar-refractivity contribution in [1.82, 2.24) is 4.57 Å². The molecule has 0 saturated carbocycles. The van der Waals surface area contributed by atoms with E-state index in [-0.39, 0.29) is 0 Å². The zero-order valence-corrected chi connectivity index (χ0v) is 26.6. The molecule has 0 aliphatic carbocycles. The summed E-state index contributed by atoms with van der Waals surface area (Å²) >= 11 is 0. The minimum Gasteiger partial charge on any atom is -0.454 e. The Hall–Kier alpha value is -6.58. The van der Waals surface area contributed by atoms with Gasteiger partial charge in [0.15, 0.2) is 5.58 Å². The van der Waals surface area contributed by atoms with E-state index in [1.54, 1.807) is 0 Å². The van der Waals surface area contributed by atoms with E-state index in [0.717, 1.165) is 55.8 Å². The highest BCUT2D eigenvalue weighted by molar-refractivity contribution is 6.19. The van der Waals surface area contributed by atoms with Crippen LogP contribution in [0.1, 0.15) is 0 Å². The average Bonchev–Trinajstić information content (AvgIpc) is 3.71. The summed E-state index contributed by atoms with van der Waals surface area (Å²) in [7, 11) is 0. The van der Waals surface area contributed by atoms with Gasteiger partial charge in [0.2, 0.25) is 0 Å². The standard InChI is InChI=1S/C46H30N2O/c1-3-14-31(15-4-1)32-18-11-21-36(28-32)48(43-27-12-23-37-39-29-33-16-7-8-17-34(33)30-44(39)49-46(37)43)42-26-13-25-41-45(42)38-22-9-10-24-40(38)47(41)35-19-5-2-6-20-35/h1-30H. The van der Waals surface area contributed by atoms with Crippen molar-refractivity contribution in [1.29, 1.82) is 0 Å². The minimum absolute atomic E-state index is 0.863. The fraction of sp³-hybridized carbons (Fsp3) is 0. The van der Waals surface area contributed by atoms with Crippen LogP contribution in [0.15, 0.2) is 186 Å². The Morgan fingerprint density at radius 3 is 1.92 bits per heavy atom. The monoisotopic (exact) mass is 626 g/mol. The SMILES string of the molecule is c1ccc(-c2cccc(N(c3cccc4c3oc3cc5ccccc5cc34)c3cccc4c3c3ccccc3n4-c3ccccc3)c2)cc1. The van der Waals surface area contributed by atoms with Gasteiger partial charge in [-0.25, -0.2) is 0 Å². The van der Waals surface area contributed by atoms with Crippen molar-refractivity contribution < 1.29 is 4.42 Å². The number of hydrogen-bond acceptors (Lipinski definition) is 2. The highest BCUT2D eigenvalue weighted by Gasteiger charge is 2.24. The first-order chi connectivity index (χ1) is 24.3. The molecule has 230 valence electrons. The lowest BCUT2D eigenvalue weighted by Gasteiger charge is -2.27. The second kappa shape index (κ2) is 11.0. The van der Waals surface area contributed by atoms with Crippen LogP contribution in [0.2, 0.25) is 0 Å². The lowest BCUT2D eigenvalue weighted by Crippen LogP contribution is -2.11. The van der Waals surface area contributed by atoms with Gasteiger partial charge in [0.05, 0.1) is 22.4 Å². The van der Waals surface area contributed by atoms with E-state index in [1.807, 2.05) is 0 Å². The van der Waals surface area contributed by atoms with Gasteiger partial charge < -0.3 is 13.9 Å². The maximum absolute atomic E-state index is 6.86. The van der Waals surface area contributed by atoms with Gasteiger partial charge in [-0.2, -0.15) is 0 Å². The first-order valence-electron chi connectivity index (χ1n) is 16.7. The topological polar surface area (TPSA) is 21.3 Å². The molecule has 0 fully saturated rings. The van der Waals surface area contributed by atoms with Crippen molar-refractivity contribution in [3.05, 3.63) is 182 Å². The van der Waals surface area contributed by atoms with Crippen molar-refractivity contribution in [2.75, 3.05) is 4.90 Å². The Labute approximate surface area is 283 Å². The number of fused-ring (bicyclic) bond motifs is 7. The molecule has 0 bridgehead atoms. The number of benzene rings is 8. The Morgan fingerprint density at radius 2 is 1.06 bits per heavy atom. The van der Waals surface area contributed by atoms with Crippen LogP contribution in [0.25, 0.3) is 71.3 Å². The molecule has 0 aliphatic heterocycles. The molecule has 3 nitrogen and oxygen atoms in total. The average molecular weight is 627 g/mol. The molecule has 0 atom stereocenters. The zero-order valence-electron chi connectivity index (χ0n) is 26.6. The highest BCUT2D eigenvalue weighted by Crippen LogP contribution is 2.47. The lowest BCUT2D eigenvalue weighted by molar-refractivity contribution is 0.669. The minimum atomic E-state index is 0.863. The van der Waals surface area contributed by atoms with Crippen molar-refractivity contribution in [3.8, 4) is 16.8 Å².